The van der Waals surface area contributed by atoms with E-state index >= 15 is 0 Å². The third-order valence-corrected chi connectivity index (χ3v) is 3.92. The molecule has 0 spiro atoms. The number of aromatic nitrogens is 1. The summed E-state index contributed by atoms with van der Waals surface area (Å²) in [5.74, 6) is 2.35. The summed E-state index contributed by atoms with van der Waals surface area (Å²) in [4.78, 5) is 8.75. The standard InChI is InChI=1S/C21H30N4O2.HI/c1-5-26-19-11-10-17(14-20(19)27-6-2)12-13-23-21(22-4)24-15-18-9-7-8-16(3)25-18;/h7-11,14H,5-6,12-13,15H2,1-4H3,(H2,22,23,24);1H. The number of aryl methyl sites for hydroxylation is 1. The molecule has 1 heterocycles. The van der Waals surface area contributed by atoms with Crippen LogP contribution in [0, 0.1) is 6.92 Å². The molecular formula is C21H31IN4O2. The summed E-state index contributed by atoms with van der Waals surface area (Å²) in [6, 6.07) is 12.1. The summed E-state index contributed by atoms with van der Waals surface area (Å²) in [6.07, 6.45) is 0.857. The molecule has 154 valence electrons. The number of ether oxygens (including phenoxy) is 2. The number of guanidine groups is 1. The molecule has 28 heavy (non-hydrogen) atoms. The molecule has 2 aromatic rings. The molecule has 0 atom stereocenters. The molecule has 0 saturated heterocycles. The van der Waals surface area contributed by atoms with Gasteiger partial charge in [0.25, 0.3) is 0 Å². The lowest BCUT2D eigenvalue weighted by Gasteiger charge is -2.14. The van der Waals surface area contributed by atoms with E-state index < -0.39 is 0 Å². The lowest BCUT2D eigenvalue weighted by molar-refractivity contribution is 0.287. The van der Waals surface area contributed by atoms with Gasteiger partial charge in [0.15, 0.2) is 17.5 Å². The Morgan fingerprint density at radius 3 is 2.46 bits per heavy atom. The number of rotatable bonds is 9. The third kappa shape index (κ3) is 7.92. The van der Waals surface area contributed by atoms with Crippen LogP contribution < -0.4 is 20.1 Å². The molecule has 0 saturated carbocycles. The minimum Gasteiger partial charge on any atom is -0.490 e. The summed E-state index contributed by atoms with van der Waals surface area (Å²) in [5.41, 5.74) is 3.19. The van der Waals surface area contributed by atoms with Crippen molar-refractivity contribution in [3.05, 3.63) is 53.3 Å². The fraction of sp³-hybridized carbons (Fsp3) is 0.429. The molecule has 0 aliphatic rings. The monoisotopic (exact) mass is 498 g/mol. The van der Waals surface area contributed by atoms with Crippen LogP contribution in [-0.2, 0) is 13.0 Å². The smallest absolute Gasteiger partial charge is 0.191 e. The number of hydrogen-bond acceptors (Lipinski definition) is 4. The highest BCUT2D eigenvalue weighted by Gasteiger charge is 2.06. The molecule has 0 bridgehead atoms. The molecule has 0 amide bonds. The molecule has 0 unspecified atom stereocenters. The van der Waals surface area contributed by atoms with E-state index in [1.807, 2.05) is 51.1 Å². The van der Waals surface area contributed by atoms with Gasteiger partial charge in [0.05, 0.1) is 25.5 Å². The molecule has 0 aliphatic carbocycles. The van der Waals surface area contributed by atoms with Crippen molar-refractivity contribution < 1.29 is 9.47 Å². The van der Waals surface area contributed by atoms with Crippen molar-refractivity contribution >= 4 is 29.9 Å². The highest BCUT2D eigenvalue weighted by Crippen LogP contribution is 2.28. The predicted octanol–water partition coefficient (Wildman–Crippen LogP) is 3.71. The quantitative estimate of drug-likeness (QED) is 0.314. The first kappa shape index (κ1) is 24.0. The highest BCUT2D eigenvalue weighted by atomic mass is 127. The van der Waals surface area contributed by atoms with Gasteiger partial charge in [0.1, 0.15) is 0 Å². The van der Waals surface area contributed by atoms with Crippen molar-refractivity contribution in [2.24, 2.45) is 4.99 Å². The average molecular weight is 498 g/mol. The van der Waals surface area contributed by atoms with Crippen molar-refractivity contribution in [1.82, 2.24) is 15.6 Å². The van der Waals surface area contributed by atoms with Crippen LogP contribution in [0.2, 0.25) is 0 Å². The largest absolute Gasteiger partial charge is 0.490 e. The van der Waals surface area contributed by atoms with Crippen molar-refractivity contribution in [3.8, 4) is 11.5 Å². The van der Waals surface area contributed by atoms with Crippen molar-refractivity contribution in [3.63, 3.8) is 0 Å². The van der Waals surface area contributed by atoms with Crippen LogP contribution in [0.5, 0.6) is 11.5 Å². The van der Waals surface area contributed by atoms with E-state index in [4.69, 9.17) is 9.47 Å². The van der Waals surface area contributed by atoms with Crippen LogP contribution in [0.4, 0.5) is 0 Å². The van der Waals surface area contributed by atoms with Crippen LogP contribution in [0.25, 0.3) is 0 Å². The van der Waals surface area contributed by atoms with Gasteiger partial charge < -0.3 is 20.1 Å². The number of hydrogen-bond donors (Lipinski definition) is 2. The number of nitrogens with one attached hydrogen (secondary N) is 2. The average Bonchev–Trinajstić information content (AvgIpc) is 2.67. The number of benzene rings is 1. The zero-order valence-corrected chi connectivity index (χ0v) is 19.4. The summed E-state index contributed by atoms with van der Waals surface area (Å²) in [6.45, 7) is 8.58. The Kier molecular flexibility index (Phi) is 11.3. The number of aliphatic imine (C=N–C) groups is 1. The molecule has 0 fully saturated rings. The second kappa shape index (κ2) is 13.2. The summed E-state index contributed by atoms with van der Waals surface area (Å²) in [5, 5.41) is 6.62. The Balaban J connectivity index is 0.00000392. The van der Waals surface area contributed by atoms with Crippen molar-refractivity contribution in [2.75, 3.05) is 26.8 Å². The first-order valence-electron chi connectivity index (χ1n) is 9.41. The molecule has 2 N–H and O–H groups in total. The van der Waals surface area contributed by atoms with E-state index in [9.17, 15) is 0 Å². The SMILES string of the molecule is CCOc1ccc(CCNC(=NC)NCc2cccc(C)n2)cc1OCC.I. The maximum Gasteiger partial charge on any atom is 0.191 e. The fourth-order valence-electron chi connectivity index (χ4n) is 2.67. The molecule has 6 nitrogen and oxygen atoms in total. The Bertz CT molecular complexity index is 753. The third-order valence-electron chi connectivity index (χ3n) is 3.92. The first-order chi connectivity index (χ1) is 13.2. The van der Waals surface area contributed by atoms with Gasteiger partial charge >= 0.3 is 0 Å². The molecule has 1 aromatic carbocycles. The molecule has 7 heteroatoms. The highest BCUT2D eigenvalue weighted by molar-refractivity contribution is 14.0. The topological polar surface area (TPSA) is 67.8 Å². The molecule has 2 rings (SSSR count). The van der Waals surface area contributed by atoms with Crippen LogP contribution in [0.15, 0.2) is 41.4 Å². The first-order valence-corrected chi connectivity index (χ1v) is 9.41. The number of pyridine rings is 1. The van der Waals surface area contributed by atoms with Gasteiger partial charge in [-0.25, -0.2) is 0 Å². The van der Waals surface area contributed by atoms with E-state index in [1.165, 1.54) is 5.56 Å². The van der Waals surface area contributed by atoms with Gasteiger partial charge in [-0.3, -0.25) is 9.98 Å². The normalized spacial score (nSPS) is 10.8. The van der Waals surface area contributed by atoms with E-state index in [-0.39, 0.29) is 24.0 Å². The van der Waals surface area contributed by atoms with Gasteiger partial charge in [-0.05, 0) is 57.0 Å². The van der Waals surface area contributed by atoms with Gasteiger partial charge in [0.2, 0.25) is 0 Å². The van der Waals surface area contributed by atoms with Crippen molar-refractivity contribution in [2.45, 2.75) is 33.7 Å². The maximum atomic E-state index is 5.69. The number of halogens is 1. The maximum absolute atomic E-state index is 5.69. The molecular weight excluding hydrogens is 467 g/mol. The van der Waals surface area contributed by atoms with Gasteiger partial charge in [-0.15, -0.1) is 24.0 Å². The summed E-state index contributed by atoms with van der Waals surface area (Å²) >= 11 is 0. The van der Waals surface area contributed by atoms with E-state index in [0.717, 1.165) is 41.8 Å². The second-order valence-electron chi connectivity index (χ2n) is 6.02. The molecule has 1 aromatic heterocycles. The molecule has 0 aliphatic heterocycles. The van der Waals surface area contributed by atoms with Crippen molar-refractivity contribution in [1.29, 1.82) is 0 Å². The Hall–Kier alpha value is -2.03. The predicted molar refractivity (Wildman–Crippen MR) is 125 cm³/mol. The van der Waals surface area contributed by atoms with E-state index in [1.54, 1.807) is 7.05 Å². The fourth-order valence-corrected chi connectivity index (χ4v) is 2.67. The Labute approximate surface area is 185 Å². The summed E-state index contributed by atoms with van der Waals surface area (Å²) in [7, 11) is 1.77. The van der Waals surface area contributed by atoms with E-state index in [2.05, 4.69) is 26.7 Å². The minimum absolute atomic E-state index is 0. The van der Waals surface area contributed by atoms with Crippen LogP contribution >= 0.6 is 24.0 Å². The lowest BCUT2D eigenvalue weighted by Crippen LogP contribution is -2.38. The Morgan fingerprint density at radius 2 is 1.79 bits per heavy atom. The second-order valence-corrected chi connectivity index (χ2v) is 6.02. The Morgan fingerprint density at radius 1 is 1.04 bits per heavy atom. The van der Waals surface area contributed by atoms with E-state index in [0.29, 0.717) is 19.8 Å². The number of nitrogens with zero attached hydrogens (tertiary/aromatic N) is 2. The minimum atomic E-state index is 0. The van der Waals surface area contributed by atoms with Crippen LogP contribution in [0.1, 0.15) is 30.8 Å². The summed E-state index contributed by atoms with van der Waals surface area (Å²) < 4.78 is 11.3. The molecule has 0 radical (unpaired) electrons. The van der Waals surface area contributed by atoms with Crippen LogP contribution in [-0.4, -0.2) is 37.7 Å². The zero-order valence-electron chi connectivity index (χ0n) is 17.1. The van der Waals surface area contributed by atoms with Crippen LogP contribution in [0.3, 0.4) is 0 Å². The lowest BCUT2D eigenvalue weighted by atomic mass is 10.1. The zero-order chi connectivity index (χ0) is 19.5. The van der Waals surface area contributed by atoms with Gasteiger partial charge in [0, 0.05) is 19.3 Å². The van der Waals surface area contributed by atoms with Gasteiger partial charge in [-0.1, -0.05) is 12.1 Å². The van der Waals surface area contributed by atoms with Gasteiger partial charge in [-0.2, -0.15) is 0 Å².